The highest BCUT2D eigenvalue weighted by Crippen LogP contribution is 2.21. The van der Waals surface area contributed by atoms with Gasteiger partial charge in [-0.25, -0.2) is 4.68 Å². The van der Waals surface area contributed by atoms with Gasteiger partial charge in [-0.15, -0.1) is 0 Å². The minimum absolute atomic E-state index is 0.273. The maximum absolute atomic E-state index is 11.4. The smallest absolute Gasteiger partial charge is 0.269 e. The highest BCUT2D eigenvalue weighted by Gasteiger charge is 2.28. The van der Waals surface area contributed by atoms with Crippen molar-refractivity contribution in [1.29, 1.82) is 0 Å². The van der Waals surface area contributed by atoms with Crippen LogP contribution in [0.3, 0.4) is 0 Å². The SMILES string of the molecule is Cc1cc(C(N)=O)nn1-c1ccc(Cc2ccc(-c3ccc(CN4CCN(C5COC5)CC4)cn3)cc2)cc1. The Morgan fingerprint density at radius 2 is 1.59 bits per heavy atom. The van der Waals surface area contributed by atoms with Crippen LogP contribution in [0.1, 0.15) is 32.9 Å². The van der Waals surface area contributed by atoms with Gasteiger partial charge in [-0.1, -0.05) is 42.5 Å². The standard InChI is InChI=1S/C31H34N6O2/c1-22-16-30(31(32)38)34-37(22)27-9-4-24(5-10-27)17-23-2-7-26(8-3-23)29-11-6-25(18-33-29)19-35-12-14-36(15-13-35)28-20-39-21-28/h2-11,16,18,28H,12-15,17,19-21H2,1H3,(H2,32,38). The molecular formula is C31H34N6O2. The number of nitrogens with two attached hydrogens (primary N) is 1. The van der Waals surface area contributed by atoms with Crippen LogP contribution in [0.5, 0.6) is 0 Å². The maximum atomic E-state index is 11.4. The second kappa shape index (κ2) is 11.1. The van der Waals surface area contributed by atoms with Crippen LogP contribution in [0.4, 0.5) is 0 Å². The van der Waals surface area contributed by atoms with Gasteiger partial charge >= 0.3 is 0 Å². The topological polar surface area (TPSA) is 89.5 Å². The number of carbonyl (C=O) groups excluding carboxylic acids is 1. The first-order chi connectivity index (χ1) is 19.0. The summed E-state index contributed by atoms with van der Waals surface area (Å²) in [5.41, 5.74) is 13.2. The average Bonchev–Trinajstić information content (AvgIpc) is 3.32. The predicted molar refractivity (Wildman–Crippen MR) is 151 cm³/mol. The molecule has 0 radical (unpaired) electrons. The molecule has 39 heavy (non-hydrogen) atoms. The quantitative estimate of drug-likeness (QED) is 0.381. The highest BCUT2D eigenvalue weighted by atomic mass is 16.5. The lowest BCUT2D eigenvalue weighted by atomic mass is 10.0. The van der Waals surface area contributed by atoms with Crippen LogP contribution in [-0.4, -0.2) is 75.9 Å². The summed E-state index contributed by atoms with van der Waals surface area (Å²) in [7, 11) is 0. The lowest BCUT2D eigenvalue weighted by molar-refractivity contribution is -0.0774. The van der Waals surface area contributed by atoms with Crippen LogP contribution in [-0.2, 0) is 17.7 Å². The second-order valence-electron chi connectivity index (χ2n) is 10.5. The molecule has 0 bridgehead atoms. The zero-order chi connectivity index (χ0) is 26.8. The molecule has 0 saturated carbocycles. The zero-order valence-electron chi connectivity index (χ0n) is 22.3. The van der Waals surface area contributed by atoms with E-state index in [0.29, 0.717) is 6.04 Å². The van der Waals surface area contributed by atoms with E-state index in [1.165, 1.54) is 16.7 Å². The molecule has 8 heteroatoms. The third kappa shape index (κ3) is 5.78. The van der Waals surface area contributed by atoms with Crippen molar-refractivity contribution in [1.82, 2.24) is 24.6 Å². The van der Waals surface area contributed by atoms with E-state index in [0.717, 1.165) is 75.0 Å². The summed E-state index contributed by atoms with van der Waals surface area (Å²) < 4.78 is 7.08. The van der Waals surface area contributed by atoms with Gasteiger partial charge in [0.15, 0.2) is 5.69 Å². The third-order valence-electron chi connectivity index (χ3n) is 7.75. The molecule has 2 aliphatic rings. The van der Waals surface area contributed by atoms with Crippen LogP contribution >= 0.6 is 0 Å². The largest absolute Gasteiger partial charge is 0.378 e. The average molecular weight is 523 g/mol. The minimum atomic E-state index is -0.521. The molecule has 2 aromatic heterocycles. The molecule has 2 aromatic carbocycles. The Hall–Kier alpha value is -3.85. The molecular weight excluding hydrogens is 488 g/mol. The summed E-state index contributed by atoms with van der Waals surface area (Å²) in [6.45, 7) is 9.09. The van der Waals surface area contributed by atoms with Crippen molar-refractivity contribution in [3.05, 3.63) is 101 Å². The third-order valence-corrected chi connectivity index (χ3v) is 7.75. The fraction of sp³-hybridized carbons (Fsp3) is 0.323. The number of aromatic nitrogens is 3. The molecule has 0 atom stereocenters. The second-order valence-corrected chi connectivity index (χ2v) is 10.5. The Bertz CT molecular complexity index is 1420. The van der Waals surface area contributed by atoms with Gasteiger partial charge in [-0.3, -0.25) is 19.6 Å². The number of hydrogen-bond acceptors (Lipinski definition) is 6. The van der Waals surface area contributed by atoms with Crippen molar-refractivity contribution in [3.8, 4) is 16.9 Å². The van der Waals surface area contributed by atoms with Gasteiger partial charge in [-0.2, -0.15) is 5.10 Å². The van der Waals surface area contributed by atoms with Gasteiger partial charge in [0, 0.05) is 50.2 Å². The van der Waals surface area contributed by atoms with Crippen molar-refractivity contribution in [2.24, 2.45) is 5.73 Å². The molecule has 2 fully saturated rings. The first kappa shape index (κ1) is 25.4. The summed E-state index contributed by atoms with van der Waals surface area (Å²) in [5.74, 6) is -0.521. The molecule has 0 unspecified atom stereocenters. The van der Waals surface area contributed by atoms with Crippen LogP contribution < -0.4 is 5.73 Å². The van der Waals surface area contributed by atoms with Gasteiger partial charge in [-0.05, 0) is 54.3 Å². The van der Waals surface area contributed by atoms with Crippen LogP contribution in [0.2, 0.25) is 0 Å². The van der Waals surface area contributed by atoms with E-state index in [2.05, 4.69) is 63.4 Å². The van der Waals surface area contributed by atoms with Crippen molar-refractivity contribution in [2.75, 3.05) is 39.4 Å². The molecule has 2 saturated heterocycles. The number of ether oxygens (including phenoxy) is 1. The van der Waals surface area contributed by atoms with Crippen molar-refractivity contribution < 1.29 is 9.53 Å². The summed E-state index contributed by atoms with van der Waals surface area (Å²) in [6, 6.07) is 23.5. The summed E-state index contributed by atoms with van der Waals surface area (Å²) >= 11 is 0. The molecule has 4 aromatic rings. The molecule has 4 heterocycles. The zero-order valence-corrected chi connectivity index (χ0v) is 22.3. The number of amides is 1. The fourth-order valence-corrected chi connectivity index (χ4v) is 5.31. The van der Waals surface area contributed by atoms with Gasteiger partial charge in [0.1, 0.15) is 0 Å². The number of aryl methyl sites for hydroxylation is 1. The number of piperazine rings is 1. The van der Waals surface area contributed by atoms with Gasteiger partial charge in [0.05, 0.1) is 30.6 Å². The Labute approximate surface area is 229 Å². The van der Waals surface area contributed by atoms with E-state index in [-0.39, 0.29) is 5.69 Å². The first-order valence-corrected chi connectivity index (χ1v) is 13.6. The van der Waals surface area contributed by atoms with Gasteiger partial charge in [0.25, 0.3) is 5.91 Å². The Morgan fingerprint density at radius 1 is 0.923 bits per heavy atom. The van der Waals surface area contributed by atoms with Gasteiger partial charge < -0.3 is 10.5 Å². The lowest BCUT2D eigenvalue weighted by Crippen LogP contribution is -2.56. The Kier molecular flexibility index (Phi) is 7.24. The normalized spacial score (nSPS) is 16.7. The van der Waals surface area contributed by atoms with E-state index in [4.69, 9.17) is 15.5 Å². The van der Waals surface area contributed by atoms with E-state index < -0.39 is 5.91 Å². The molecule has 1 amide bonds. The molecule has 0 spiro atoms. The number of benzene rings is 2. The van der Waals surface area contributed by atoms with Crippen molar-refractivity contribution >= 4 is 5.91 Å². The molecule has 6 rings (SSSR count). The number of primary amides is 1. The fourth-order valence-electron chi connectivity index (χ4n) is 5.31. The molecule has 200 valence electrons. The number of nitrogens with zero attached hydrogens (tertiary/aromatic N) is 5. The van der Waals surface area contributed by atoms with E-state index in [1.54, 1.807) is 10.7 Å². The maximum Gasteiger partial charge on any atom is 0.269 e. The molecule has 2 aliphatic heterocycles. The predicted octanol–water partition coefficient (Wildman–Crippen LogP) is 3.45. The van der Waals surface area contributed by atoms with Crippen molar-refractivity contribution in [3.63, 3.8) is 0 Å². The molecule has 0 aliphatic carbocycles. The number of hydrogen-bond donors (Lipinski definition) is 1. The highest BCUT2D eigenvalue weighted by molar-refractivity contribution is 5.90. The van der Waals surface area contributed by atoms with Crippen molar-refractivity contribution in [2.45, 2.75) is 25.9 Å². The van der Waals surface area contributed by atoms with E-state index in [9.17, 15) is 4.79 Å². The van der Waals surface area contributed by atoms with E-state index in [1.807, 2.05) is 25.3 Å². The molecule has 8 nitrogen and oxygen atoms in total. The van der Waals surface area contributed by atoms with Crippen LogP contribution in [0.15, 0.2) is 72.9 Å². The summed E-state index contributed by atoms with van der Waals surface area (Å²) in [6.07, 6.45) is 2.85. The molecule has 2 N–H and O–H groups in total. The lowest BCUT2D eigenvalue weighted by Gasteiger charge is -2.42. The first-order valence-electron chi connectivity index (χ1n) is 13.6. The number of carbonyl (C=O) groups is 1. The number of rotatable bonds is 8. The summed E-state index contributed by atoms with van der Waals surface area (Å²) in [4.78, 5) is 21.3. The Morgan fingerprint density at radius 3 is 2.15 bits per heavy atom. The number of pyridine rings is 1. The van der Waals surface area contributed by atoms with Crippen LogP contribution in [0, 0.1) is 6.92 Å². The summed E-state index contributed by atoms with van der Waals surface area (Å²) in [5, 5.41) is 4.31. The Balaban J connectivity index is 1.03. The van der Waals surface area contributed by atoms with Crippen LogP contribution in [0.25, 0.3) is 16.9 Å². The minimum Gasteiger partial charge on any atom is -0.378 e. The van der Waals surface area contributed by atoms with Gasteiger partial charge in [0.2, 0.25) is 0 Å². The monoisotopic (exact) mass is 522 g/mol. The van der Waals surface area contributed by atoms with E-state index >= 15 is 0 Å².